The average molecular weight is 459 g/mol. The molecule has 0 aromatic carbocycles. The number of hydrogen-bond donors (Lipinski definition) is 1. The maximum Gasteiger partial charge on any atom is 0.224 e. The number of nitrogens with zero attached hydrogens (tertiary/aromatic N) is 3. The molecule has 3 fully saturated rings. The summed E-state index contributed by atoms with van der Waals surface area (Å²) >= 11 is 0. The second-order valence-electron chi connectivity index (χ2n) is 9.29. The lowest BCUT2D eigenvalue weighted by molar-refractivity contribution is -0.178. The molecule has 0 radical (unpaired) electrons. The molecule has 2 saturated heterocycles. The van der Waals surface area contributed by atoms with E-state index in [1.807, 2.05) is 19.3 Å². The Morgan fingerprint density at radius 3 is 2.55 bits per heavy atom. The van der Waals surface area contributed by atoms with E-state index in [9.17, 15) is 0 Å². The van der Waals surface area contributed by atoms with Gasteiger partial charge in [0.2, 0.25) is 11.8 Å². The third kappa shape index (κ3) is 5.06. The predicted octanol–water partition coefficient (Wildman–Crippen LogP) is 3.43. The molecule has 0 bridgehead atoms. The van der Waals surface area contributed by atoms with Gasteiger partial charge in [-0.3, -0.25) is 0 Å². The van der Waals surface area contributed by atoms with Gasteiger partial charge in [-0.25, -0.2) is 15.0 Å². The molecule has 2 aliphatic heterocycles. The molecule has 4 heterocycles. The first kappa shape index (κ1) is 22.7. The number of aromatic nitrogens is 3. The van der Waals surface area contributed by atoms with E-state index < -0.39 is 0 Å². The van der Waals surface area contributed by atoms with E-state index in [-0.39, 0.29) is 17.9 Å². The summed E-state index contributed by atoms with van der Waals surface area (Å²) in [6.45, 7) is 5.44. The van der Waals surface area contributed by atoms with Gasteiger partial charge in [-0.05, 0) is 25.7 Å². The van der Waals surface area contributed by atoms with Crippen molar-refractivity contribution in [1.29, 1.82) is 0 Å². The smallest absolute Gasteiger partial charge is 0.224 e. The molecule has 3 aliphatic rings. The monoisotopic (exact) mass is 458 g/mol. The van der Waals surface area contributed by atoms with Crippen LogP contribution in [0.1, 0.15) is 56.9 Å². The summed E-state index contributed by atoms with van der Waals surface area (Å²) in [5.74, 6) is 1.15. The van der Waals surface area contributed by atoms with Gasteiger partial charge in [-0.2, -0.15) is 0 Å². The quantitative estimate of drug-likeness (QED) is 0.669. The zero-order valence-electron chi connectivity index (χ0n) is 19.5. The second kappa shape index (κ2) is 10.0. The highest BCUT2D eigenvalue weighted by atomic mass is 16.7. The first-order chi connectivity index (χ1) is 16.2. The van der Waals surface area contributed by atoms with Gasteiger partial charge in [0.1, 0.15) is 6.10 Å². The number of nitrogens with one attached hydrogen (secondary N) is 1. The van der Waals surface area contributed by atoms with E-state index >= 15 is 0 Å². The van der Waals surface area contributed by atoms with Crippen LogP contribution in [0.15, 0.2) is 12.4 Å². The first-order valence-corrected chi connectivity index (χ1v) is 12.1. The Labute approximate surface area is 194 Å². The normalized spacial score (nSPS) is 22.6. The highest BCUT2D eigenvalue weighted by Crippen LogP contribution is 2.44. The molecule has 9 heteroatoms. The summed E-state index contributed by atoms with van der Waals surface area (Å²) in [6, 6.07) is 0.0990. The van der Waals surface area contributed by atoms with Crippen LogP contribution >= 0.6 is 0 Å². The third-order valence-electron chi connectivity index (χ3n) is 6.85. The molecular weight excluding hydrogens is 424 g/mol. The van der Waals surface area contributed by atoms with Gasteiger partial charge in [-0.1, -0.05) is 0 Å². The number of pyridine rings is 1. The fourth-order valence-electron chi connectivity index (χ4n) is 5.10. The topological polar surface area (TPSA) is 96.9 Å². The lowest BCUT2D eigenvalue weighted by Crippen LogP contribution is -2.34. The summed E-state index contributed by atoms with van der Waals surface area (Å²) in [7, 11) is 1.69. The molecule has 0 unspecified atom stereocenters. The van der Waals surface area contributed by atoms with Gasteiger partial charge in [0, 0.05) is 56.8 Å². The number of anilines is 1. The summed E-state index contributed by atoms with van der Waals surface area (Å²) in [5, 5.41) is 4.20. The lowest BCUT2D eigenvalue weighted by Gasteiger charge is -2.35. The van der Waals surface area contributed by atoms with Crippen LogP contribution in [0.2, 0.25) is 0 Å². The van der Waals surface area contributed by atoms with Gasteiger partial charge >= 0.3 is 0 Å². The van der Waals surface area contributed by atoms with Crippen LogP contribution in [0.4, 0.5) is 5.95 Å². The van der Waals surface area contributed by atoms with Crippen LogP contribution in [0.3, 0.4) is 0 Å². The zero-order valence-corrected chi connectivity index (χ0v) is 19.5. The number of ether oxygens (including phenoxy) is 5. The Bertz CT molecular complexity index is 936. The molecule has 5 rings (SSSR count). The van der Waals surface area contributed by atoms with Crippen LogP contribution in [0, 0.1) is 0 Å². The van der Waals surface area contributed by atoms with E-state index in [4.69, 9.17) is 33.7 Å². The van der Waals surface area contributed by atoms with Crippen LogP contribution in [-0.2, 0) is 18.9 Å². The Hall–Kier alpha value is -2.07. The summed E-state index contributed by atoms with van der Waals surface area (Å²) in [6.07, 6.45) is 9.35. The van der Waals surface area contributed by atoms with Crippen LogP contribution in [0.5, 0.6) is 5.88 Å². The SMILES string of the molecule is COC[C@H](C)Nc1ncc2c(OC3CCOCC3)ncc(C3CCC4(CC3)OCCO4)c2n1. The third-order valence-corrected chi connectivity index (χ3v) is 6.85. The van der Waals surface area contributed by atoms with Gasteiger partial charge in [-0.15, -0.1) is 0 Å². The summed E-state index contributed by atoms with van der Waals surface area (Å²) in [4.78, 5) is 14.2. The van der Waals surface area contributed by atoms with Crippen molar-refractivity contribution in [3.63, 3.8) is 0 Å². The molecule has 1 atom stereocenters. The van der Waals surface area contributed by atoms with Gasteiger partial charge in [0.25, 0.3) is 0 Å². The molecule has 180 valence electrons. The van der Waals surface area contributed by atoms with E-state index in [0.717, 1.165) is 68.2 Å². The Morgan fingerprint density at radius 1 is 1.06 bits per heavy atom. The van der Waals surface area contributed by atoms with E-state index in [0.29, 0.717) is 37.6 Å². The predicted molar refractivity (Wildman–Crippen MR) is 123 cm³/mol. The fourth-order valence-corrected chi connectivity index (χ4v) is 5.10. The van der Waals surface area contributed by atoms with Crippen LogP contribution < -0.4 is 10.1 Å². The maximum absolute atomic E-state index is 6.30. The van der Waals surface area contributed by atoms with Crippen molar-refractivity contribution >= 4 is 16.9 Å². The average Bonchev–Trinajstić information content (AvgIpc) is 3.29. The summed E-state index contributed by atoms with van der Waals surface area (Å²) in [5.41, 5.74) is 2.05. The van der Waals surface area contributed by atoms with E-state index in [2.05, 4.69) is 10.3 Å². The van der Waals surface area contributed by atoms with E-state index in [1.165, 1.54) is 0 Å². The highest BCUT2D eigenvalue weighted by Gasteiger charge is 2.41. The zero-order chi connectivity index (χ0) is 22.7. The maximum atomic E-state index is 6.30. The standard InChI is InChI=1S/C24H34N4O5/c1-16(15-29-2)27-23-26-14-20-21(28-23)19(13-25-22(20)33-18-5-9-30-10-6-18)17-3-7-24(8-4-17)31-11-12-32-24/h13-14,16-18H,3-12,15H2,1-2H3,(H,26,27,28)/t16-/m0/s1. The molecule has 9 nitrogen and oxygen atoms in total. The minimum atomic E-state index is -0.386. The molecule has 0 amide bonds. The molecule has 1 spiro atoms. The lowest BCUT2D eigenvalue weighted by atomic mass is 9.81. The molecule has 33 heavy (non-hydrogen) atoms. The van der Waals surface area contributed by atoms with Crippen molar-refractivity contribution in [3.8, 4) is 5.88 Å². The van der Waals surface area contributed by atoms with Crippen molar-refractivity contribution in [1.82, 2.24) is 15.0 Å². The number of hydrogen-bond acceptors (Lipinski definition) is 9. The van der Waals surface area contributed by atoms with Gasteiger partial charge < -0.3 is 29.0 Å². The molecular formula is C24H34N4O5. The van der Waals surface area contributed by atoms with Crippen LogP contribution in [-0.4, -0.2) is 73.0 Å². The van der Waals surface area contributed by atoms with Gasteiger partial charge in [0.05, 0.1) is 43.9 Å². The minimum Gasteiger partial charge on any atom is -0.474 e. The van der Waals surface area contributed by atoms with E-state index in [1.54, 1.807) is 7.11 Å². The largest absolute Gasteiger partial charge is 0.474 e. The Balaban J connectivity index is 1.44. The molecule has 2 aromatic rings. The Morgan fingerprint density at radius 2 is 1.82 bits per heavy atom. The van der Waals surface area contributed by atoms with Crippen molar-refractivity contribution in [2.24, 2.45) is 0 Å². The molecule has 2 aromatic heterocycles. The minimum absolute atomic E-state index is 0.0990. The fraction of sp³-hybridized carbons (Fsp3) is 0.708. The number of rotatable bonds is 7. The Kier molecular flexibility index (Phi) is 6.91. The van der Waals surface area contributed by atoms with Gasteiger partial charge in [0.15, 0.2) is 5.79 Å². The molecule has 1 saturated carbocycles. The van der Waals surface area contributed by atoms with Crippen molar-refractivity contribution in [2.75, 3.05) is 45.5 Å². The number of methoxy groups -OCH3 is 1. The van der Waals surface area contributed by atoms with Crippen LogP contribution in [0.25, 0.3) is 10.9 Å². The number of fused-ring (bicyclic) bond motifs is 1. The van der Waals surface area contributed by atoms with Crippen molar-refractivity contribution in [3.05, 3.63) is 18.0 Å². The van der Waals surface area contributed by atoms with Crippen molar-refractivity contribution < 1.29 is 23.7 Å². The van der Waals surface area contributed by atoms with Crippen molar-refractivity contribution in [2.45, 2.75) is 69.3 Å². The molecule has 1 aliphatic carbocycles. The first-order valence-electron chi connectivity index (χ1n) is 12.1. The molecule has 1 N–H and O–H groups in total. The second-order valence-corrected chi connectivity index (χ2v) is 9.29. The summed E-state index contributed by atoms with van der Waals surface area (Å²) < 4.78 is 28.9. The highest BCUT2D eigenvalue weighted by molar-refractivity contribution is 5.86.